The summed E-state index contributed by atoms with van der Waals surface area (Å²) in [7, 11) is 2.14. The van der Waals surface area contributed by atoms with Crippen LogP contribution in [-0.4, -0.2) is 25.4 Å². The minimum Gasteiger partial charge on any atom is -0.369 e. The number of hydrogen-bond donors (Lipinski definition) is 1. The first-order valence-electron chi connectivity index (χ1n) is 5.30. The molecule has 15 heavy (non-hydrogen) atoms. The predicted octanol–water partition coefficient (Wildman–Crippen LogP) is 2.17. The van der Waals surface area contributed by atoms with E-state index < -0.39 is 0 Å². The van der Waals surface area contributed by atoms with E-state index in [1.54, 1.807) is 0 Å². The van der Waals surface area contributed by atoms with Gasteiger partial charge in [-0.05, 0) is 37.1 Å². The SMILES string of the molecule is Cc1cc2c(cc1C)N(C)C(CN)CS2. The number of likely N-dealkylation sites (N-methyl/N-ethyl adjacent to an activating group) is 1. The van der Waals surface area contributed by atoms with Crippen LogP contribution in [0.2, 0.25) is 0 Å². The van der Waals surface area contributed by atoms with Crippen molar-refractivity contribution < 1.29 is 0 Å². The summed E-state index contributed by atoms with van der Waals surface area (Å²) in [4.78, 5) is 3.71. The molecule has 3 heteroatoms. The average molecular weight is 222 g/mol. The Kier molecular flexibility index (Phi) is 2.94. The van der Waals surface area contributed by atoms with E-state index in [9.17, 15) is 0 Å². The molecule has 0 radical (unpaired) electrons. The highest BCUT2D eigenvalue weighted by Crippen LogP contribution is 2.37. The number of benzene rings is 1. The Morgan fingerprint density at radius 3 is 2.73 bits per heavy atom. The molecule has 0 amide bonds. The molecular weight excluding hydrogens is 204 g/mol. The van der Waals surface area contributed by atoms with E-state index in [0.29, 0.717) is 6.04 Å². The molecule has 0 aliphatic carbocycles. The minimum absolute atomic E-state index is 0.476. The lowest BCUT2D eigenvalue weighted by Crippen LogP contribution is -2.42. The lowest BCUT2D eigenvalue weighted by atomic mass is 10.1. The third-order valence-electron chi connectivity index (χ3n) is 3.21. The molecule has 1 aliphatic heterocycles. The van der Waals surface area contributed by atoms with Crippen LogP contribution in [0.25, 0.3) is 0 Å². The summed E-state index contributed by atoms with van der Waals surface area (Å²) in [5, 5.41) is 0. The fraction of sp³-hybridized carbons (Fsp3) is 0.500. The Morgan fingerprint density at radius 1 is 1.40 bits per heavy atom. The zero-order valence-corrected chi connectivity index (χ0v) is 10.4. The number of fused-ring (bicyclic) bond motifs is 1. The van der Waals surface area contributed by atoms with Crippen molar-refractivity contribution in [1.29, 1.82) is 0 Å². The van der Waals surface area contributed by atoms with Crippen molar-refractivity contribution >= 4 is 17.4 Å². The van der Waals surface area contributed by atoms with E-state index in [4.69, 9.17) is 5.73 Å². The third-order valence-corrected chi connectivity index (χ3v) is 4.40. The zero-order chi connectivity index (χ0) is 11.0. The number of anilines is 1. The smallest absolute Gasteiger partial charge is 0.0507 e. The second kappa shape index (κ2) is 4.06. The summed E-state index contributed by atoms with van der Waals surface area (Å²) in [6.07, 6.45) is 0. The van der Waals surface area contributed by atoms with Gasteiger partial charge in [-0.3, -0.25) is 0 Å². The zero-order valence-electron chi connectivity index (χ0n) is 9.58. The Hall–Kier alpha value is -0.670. The molecule has 0 spiro atoms. The maximum absolute atomic E-state index is 5.76. The lowest BCUT2D eigenvalue weighted by molar-refractivity contribution is 0.691. The fourth-order valence-corrected chi connectivity index (χ4v) is 3.23. The van der Waals surface area contributed by atoms with Crippen molar-refractivity contribution in [3.05, 3.63) is 23.3 Å². The Balaban J connectivity index is 2.43. The van der Waals surface area contributed by atoms with Crippen LogP contribution in [0.5, 0.6) is 0 Å². The lowest BCUT2D eigenvalue weighted by Gasteiger charge is -2.35. The molecule has 0 saturated heterocycles. The summed E-state index contributed by atoms with van der Waals surface area (Å²) in [5.74, 6) is 1.10. The summed E-state index contributed by atoms with van der Waals surface area (Å²) < 4.78 is 0. The molecule has 0 bridgehead atoms. The second-order valence-corrected chi connectivity index (χ2v) is 5.28. The first kappa shape index (κ1) is 10.8. The van der Waals surface area contributed by atoms with Crippen LogP contribution in [0.4, 0.5) is 5.69 Å². The molecule has 1 aliphatic rings. The van der Waals surface area contributed by atoms with Crippen molar-refractivity contribution in [2.24, 2.45) is 5.73 Å². The van der Waals surface area contributed by atoms with Gasteiger partial charge in [-0.15, -0.1) is 11.8 Å². The largest absolute Gasteiger partial charge is 0.369 e. The third kappa shape index (κ3) is 1.86. The highest BCUT2D eigenvalue weighted by atomic mass is 32.2. The van der Waals surface area contributed by atoms with E-state index in [1.807, 2.05) is 11.8 Å². The Labute approximate surface area is 95.8 Å². The van der Waals surface area contributed by atoms with Crippen LogP contribution in [-0.2, 0) is 0 Å². The normalized spacial score (nSPS) is 20.3. The molecule has 2 nitrogen and oxygen atoms in total. The number of hydrogen-bond acceptors (Lipinski definition) is 3. The molecular formula is C12H18N2S. The molecule has 1 atom stereocenters. The van der Waals surface area contributed by atoms with Gasteiger partial charge in [0.25, 0.3) is 0 Å². The summed E-state index contributed by atoms with van der Waals surface area (Å²) in [5.41, 5.74) is 9.84. The van der Waals surface area contributed by atoms with Gasteiger partial charge in [0.05, 0.1) is 11.7 Å². The molecule has 1 aromatic carbocycles. The summed E-state index contributed by atoms with van der Waals surface area (Å²) in [6.45, 7) is 5.07. The van der Waals surface area contributed by atoms with Gasteiger partial charge >= 0.3 is 0 Å². The highest BCUT2D eigenvalue weighted by molar-refractivity contribution is 7.99. The van der Waals surface area contributed by atoms with Crippen LogP contribution in [0.3, 0.4) is 0 Å². The van der Waals surface area contributed by atoms with Gasteiger partial charge in [-0.1, -0.05) is 0 Å². The van der Waals surface area contributed by atoms with Crippen molar-refractivity contribution in [2.75, 3.05) is 24.2 Å². The van der Waals surface area contributed by atoms with Gasteiger partial charge in [-0.25, -0.2) is 0 Å². The predicted molar refractivity (Wildman–Crippen MR) is 67.9 cm³/mol. The monoisotopic (exact) mass is 222 g/mol. The van der Waals surface area contributed by atoms with Crippen molar-refractivity contribution in [3.8, 4) is 0 Å². The van der Waals surface area contributed by atoms with Crippen molar-refractivity contribution in [3.63, 3.8) is 0 Å². The Morgan fingerprint density at radius 2 is 2.07 bits per heavy atom. The number of nitrogens with two attached hydrogens (primary N) is 1. The number of aryl methyl sites for hydroxylation is 2. The van der Waals surface area contributed by atoms with Crippen molar-refractivity contribution in [2.45, 2.75) is 24.8 Å². The van der Waals surface area contributed by atoms with Gasteiger partial charge in [0, 0.05) is 24.2 Å². The van der Waals surface area contributed by atoms with E-state index >= 15 is 0 Å². The van der Waals surface area contributed by atoms with Gasteiger partial charge < -0.3 is 10.6 Å². The van der Waals surface area contributed by atoms with Crippen LogP contribution in [0, 0.1) is 13.8 Å². The van der Waals surface area contributed by atoms with Gasteiger partial charge in [0.1, 0.15) is 0 Å². The van der Waals surface area contributed by atoms with Crippen molar-refractivity contribution in [1.82, 2.24) is 0 Å². The Bertz CT molecular complexity index is 376. The topological polar surface area (TPSA) is 29.3 Å². The molecule has 2 rings (SSSR count). The standard InChI is InChI=1S/C12H18N2S/c1-8-4-11-12(5-9(8)2)15-7-10(6-13)14(11)3/h4-5,10H,6-7,13H2,1-3H3. The molecule has 1 aromatic rings. The van der Waals surface area contributed by atoms with Crippen LogP contribution in [0.1, 0.15) is 11.1 Å². The molecule has 1 heterocycles. The maximum Gasteiger partial charge on any atom is 0.0507 e. The van der Waals surface area contributed by atoms with Crippen LogP contribution < -0.4 is 10.6 Å². The number of nitrogens with zero attached hydrogens (tertiary/aromatic N) is 1. The molecule has 1 unspecified atom stereocenters. The molecule has 0 saturated carbocycles. The van der Waals surface area contributed by atoms with Crippen LogP contribution in [0.15, 0.2) is 17.0 Å². The molecule has 0 aromatic heterocycles. The maximum atomic E-state index is 5.76. The highest BCUT2D eigenvalue weighted by Gasteiger charge is 2.23. The molecule has 82 valence electrons. The van der Waals surface area contributed by atoms with Gasteiger partial charge in [0.2, 0.25) is 0 Å². The van der Waals surface area contributed by atoms with Gasteiger partial charge in [-0.2, -0.15) is 0 Å². The quantitative estimate of drug-likeness (QED) is 0.789. The summed E-state index contributed by atoms with van der Waals surface area (Å²) in [6, 6.07) is 5.04. The van der Waals surface area contributed by atoms with E-state index in [-0.39, 0.29) is 0 Å². The average Bonchev–Trinajstić information content (AvgIpc) is 2.22. The minimum atomic E-state index is 0.476. The van der Waals surface area contributed by atoms with E-state index in [2.05, 4.69) is 37.9 Å². The second-order valence-electron chi connectivity index (χ2n) is 4.22. The van der Waals surface area contributed by atoms with Gasteiger partial charge in [0.15, 0.2) is 0 Å². The van der Waals surface area contributed by atoms with E-state index in [0.717, 1.165) is 12.3 Å². The van der Waals surface area contributed by atoms with E-state index in [1.165, 1.54) is 21.7 Å². The number of thioether (sulfide) groups is 1. The molecule has 2 N–H and O–H groups in total. The molecule has 0 fully saturated rings. The summed E-state index contributed by atoms with van der Waals surface area (Å²) >= 11 is 1.93. The first-order chi connectivity index (χ1) is 7.13. The fourth-order valence-electron chi connectivity index (χ4n) is 1.89. The van der Waals surface area contributed by atoms with Crippen LogP contribution >= 0.6 is 11.8 Å². The first-order valence-corrected chi connectivity index (χ1v) is 6.29. The number of rotatable bonds is 1.